The summed E-state index contributed by atoms with van der Waals surface area (Å²) in [6.07, 6.45) is 1.63. The van der Waals surface area contributed by atoms with E-state index in [1.54, 1.807) is 18.2 Å². The Hall–Kier alpha value is -1.21. The molecule has 5 nitrogen and oxygen atoms in total. The third kappa shape index (κ3) is 3.46. The van der Waals surface area contributed by atoms with Crippen molar-refractivity contribution in [2.45, 2.75) is 18.4 Å². The van der Waals surface area contributed by atoms with Crippen molar-refractivity contribution in [1.29, 1.82) is 0 Å². The van der Waals surface area contributed by atoms with Gasteiger partial charge in [0.25, 0.3) is 0 Å². The summed E-state index contributed by atoms with van der Waals surface area (Å²) in [6.45, 7) is 0. The number of aliphatic hydroxyl groups is 1. The first-order valence-corrected chi connectivity index (χ1v) is 6.88. The summed E-state index contributed by atoms with van der Waals surface area (Å²) in [5.74, 6) is 0.440. The van der Waals surface area contributed by atoms with E-state index in [0.29, 0.717) is 21.4 Å². The summed E-state index contributed by atoms with van der Waals surface area (Å²) >= 11 is 16.9. The zero-order valence-corrected chi connectivity index (χ0v) is 12.6. The molecule has 0 aliphatic heterocycles. The molecular formula is C12H12Cl2N4OS. The van der Waals surface area contributed by atoms with Crippen LogP contribution in [0.1, 0.15) is 17.8 Å². The molecule has 2 aromatic rings. The van der Waals surface area contributed by atoms with Crippen molar-refractivity contribution in [3.63, 3.8) is 0 Å². The summed E-state index contributed by atoms with van der Waals surface area (Å²) in [6, 6.07) is 4.85. The summed E-state index contributed by atoms with van der Waals surface area (Å²) in [4.78, 5) is 4.18. The summed E-state index contributed by atoms with van der Waals surface area (Å²) < 4.78 is 0. The minimum absolute atomic E-state index is 0.0677. The fraction of sp³-hybridized carbons (Fsp3) is 0.250. The number of nitrogens with one attached hydrogen (secondary N) is 1. The molecule has 1 aromatic heterocycles. The number of rotatable bonds is 5. The van der Waals surface area contributed by atoms with Gasteiger partial charge in [0, 0.05) is 28.5 Å². The summed E-state index contributed by atoms with van der Waals surface area (Å²) in [7, 11) is 0. The van der Waals surface area contributed by atoms with Crippen LogP contribution in [0, 0.1) is 0 Å². The maximum absolute atomic E-state index is 10.9. The van der Waals surface area contributed by atoms with Gasteiger partial charge in [-0.1, -0.05) is 41.5 Å². The van der Waals surface area contributed by atoms with Gasteiger partial charge < -0.3 is 10.8 Å². The predicted molar refractivity (Wildman–Crippen MR) is 81.8 cm³/mol. The standard InChI is InChI=1S/C12H12Cl2N4OS/c13-7-1-2-8(9(14)3-7)12(19,4-10(15)20)5-11-16-6-17-18-11/h1-3,6,19H,4-5H2,(H2,15,20)(H,16,17,18). The van der Waals surface area contributed by atoms with Gasteiger partial charge in [0.2, 0.25) is 0 Å². The Morgan fingerprint density at radius 1 is 1.45 bits per heavy atom. The highest BCUT2D eigenvalue weighted by Crippen LogP contribution is 2.35. The SMILES string of the molecule is NC(=S)CC(O)(Cc1nc[nH]n1)c1ccc(Cl)cc1Cl. The van der Waals surface area contributed by atoms with E-state index in [1.165, 1.54) is 6.33 Å². The molecule has 1 unspecified atom stereocenters. The van der Waals surface area contributed by atoms with E-state index < -0.39 is 5.60 Å². The molecule has 0 bridgehead atoms. The molecule has 1 atom stereocenters. The second-order valence-corrected chi connectivity index (χ2v) is 5.76. The third-order valence-corrected chi connectivity index (χ3v) is 3.51. The van der Waals surface area contributed by atoms with Gasteiger partial charge in [-0.15, -0.1) is 0 Å². The van der Waals surface area contributed by atoms with Crippen LogP contribution in [0.3, 0.4) is 0 Å². The lowest BCUT2D eigenvalue weighted by molar-refractivity contribution is 0.0430. The molecule has 0 amide bonds. The Labute approximate surface area is 131 Å². The van der Waals surface area contributed by atoms with Crippen LogP contribution in [0.4, 0.5) is 0 Å². The Morgan fingerprint density at radius 2 is 2.20 bits per heavy atom. The molecule has 1 aromatic carbocycles. The average Bonchev–Trinajstić information content (AvgIpc) is 2.79. The van der Waals surface area contributed by atoms with Crippen molar-refractivity contribution in [1.82, 2.24) is 15.2 Å². The first kappa shape index (κ1) is 15.2. The minimum Gasteiger partial charge on any atom is -0.393 e. The van der Waals surface area contributed by atoms with Crippen molar-refractivity contribution >= 4 is 40.4 Å². The first-order valence-electron chi connectivity index (χ1n) is 5.71. The van der Waals surface area contributed by atoms with E-state index in [2.05, 4.69) is 15.2 Å². The molecule has 1 heterocycles. The lowest BCUT2D eigenvalue weighted by Gasteiger charge is -2.28. The lowest BCUT2D eigenvalue weighted by atomic mass is 9.87. The number of thiocarbonyl (C=S) groups is 1. The van der Waals surface area contributed by atoms with Crippen LogP contribution < -0.4 is 5.73 Å². The third-order valence-electron chi connectivity index (χ3n) is 2.81. The number of hydrogen-bond acceptors (Lipinski definition) is 4. The largest absolute Gasteiger partial charge is 0.393 e. The Kier molecular flexibility index (Phi) is 4.59. The molecule has 0 aliphatic carbocycles. The van der Waals surface area contributed by atoms with Crippen molar-refractivity contribution in [3.8, 4) is 0 Å². The number of H-pyrrole nitrogens is 1. The molecule has 0 radical (unpaired) electrons. The maximum atomic E-state index is 10.9. The fourth-order valence-electron chi connectivity index (χ4n) is 1.99. The van der Waals surface area contributed by atoms with Gasteiger partial charge in [-0.2, -0.15) is 5.10 Å². The molecule has 8 heteroatoms. The van der Waals surface area contributed by atoms with Crippen molar-refractivity contribution < 1.29 is 5.11 Å². The van der Waals surface area contributed by atoms with Gasteiger partial charge in [0.05, 0.1) is 4.99 Å². The molecule has 0 fully saturated rings. The molecule has 106 valence electrons. The number of aromatic nitrogens is 3. The smallest absolute Gasteiger partial charge is 0.153 e. The van der Waals surface area contributed by atoms with Gasteiger partial charge in [0.15, 0.2) is 5.82 Å². The molecule has 2 rings (SSSR count). The van der Waals surface area contributed by atoms with Gasteiger partial charge in [-0.05, 0) is 12.1 Å². The number of nitrogens with two attached hydrogens (primary N) is 1. The second-order valence-electron chi connectivity index (χ2n) is 4.39. The van der Waals surface area contributed by atoms with E-state index in [9.17, 15) is 5.11 Å². The number of nitrogens with zero attached hydrogens (tertiary/aromatic N) is 2. The zero-order valence-electron chi connectivity index (χ0n) is 10.3. The fourth-order valence-corrected chi connectivity index (χ4v) is 2.81. The monoisotopic (exact) mass is 330 g/mol. The molecular weight excluding hydrogens is 319 g/mol. The second kappa shape index (κ2) is 6.05. The molecule has 0 saturated carbocycles. The first-order chi connectivity index (χ1) is 9.40. The van der Waals surface area contributed by atoms with Crippen molar-refractivity contribution in [2.24, 2.45) is 5.73 Å². The van der Waals surface area contributed by atoms with E-state index >= 15 is 0 Å². The highest BCUT2D eigenvalue weighted by molar-refractivity contribution is 7.80. The summed E-state index contributed by atoms with van der Waals surface area (Å²) in [5, 5.41) is 18.3. The normalized spacial score (nSPS) is 13.9. The van der Waals surface area contributed by atoms with Crippen LogP contribution in [-0.2, 0) is 12.0 Å². The molecule has 0 aliphatic rings. The van der Waals surface area contributed by atoms with E-state index in [0.717, 1.165) is 0 Å². The highest BCUT2D eigenvalue weighted by Gasteiger charge is 2.34. The number of hydrogen-bond donors (Lipinski definition) is 3. The van der Waals surface area contributed by atoms with Gasteiger partial charge in [-0.25, -0.2) is 4.98 Å². The predicted octanol–water partition coefficient (Wildman–Crippen LogP) is 2.22. The van der Waals surface area contributed by atoms with Crippen LogP contribution in [0.25, 0.3) is 0 Å². The number of aromatic amines is 1. The zero-order chi connectivity index (χ0) is 14.8. The Morgan fingerprint density at radius 3 is 2.75 bits per heavy atom. The Balaban J connectivity index is 2.42. The van der Waals surface area contributed by atoms with Crippen molar-refractivity contribution in [2.75, 3.05) is 0 Å². The van der Waals surface area contributed by atoms with Gasteiger partial charge >= 0.3 is 0 Å². The van der Waals surface area contributed by atoms with Crippen LogP contribution in [0.5, 0.6) is 0 Å². The number of halogens is 2. The lowest BCUT2D eigenvalue weighted by Crippen LogP contribution is -2.34. The van der Waals surface area contributed by atoms with Crippen LogP contribution in [0.2, 0.25) is 10.0 Å². The van der Waals surface area contributed by atoms with Crippen LogP contribution >= 0.6 is 35.4 Å². The average molecular weight is 331 g/mol. The topological polar surface area (TPSA) is 87.8 Å². The van der Waals surface area contributed by atoms with E-state index in [1.807, 2.05) is 0 Å². The molecule has 0 saturated heterocycles. The quantitative estimate of drug-likeness (QED) is 0.731. The van der Waals surface area contributed by atoms with E-state index in [4.69, 9.17) is 41.2 Å². The van der Waals surface area contributed by atoms with Gasteiger partial charge in [-0.3, -0.25) is 5.10 Å². The van der Waals surface area contributed by atoms with Crippen molar-refractivity contribution in [3.05, 3.63) is 46.0 Å². The van der Waals surface area contributed by atoms with E-state index in [-0.39, 0.29) is 17.8 Å². The molecule has 20 heavy (non-hydrogen) atoms. The number of benzene rings is 1. The van der Waals surface area contributed by atoms with Crippen LogP contribution in [-0.4, -0.2) is 25.3 Å². The van der Waals surface area contributed by atoms with Crippen LogP contribution in [0.15, 0.2) is 24.5 Å². The van der Waals surface area contributed by atoms with Gasteiger partial charge in [0.1, 0.15) is 11.9 Å². The highest BCUT2D eigenvalue weighted by atomic mass is 35.5. The maximum Gasteiger partial charge on any atom is 0.153 e. The summed E-state index contributed by atoms with van der Waals surface area (Å²) in [5.41, 5.74) is 4.69. The minimum atomic E-state index is -1.38. The Bertz CT molecular complexity index is 620. The molecule has 4 N–H and O–H groups in total. The molecule has 0 spiro atoms.